The van der Waals surface area contributed by atoms with Gasteiger partial charge < -0.3 is 9.47 Å². The lowest BCUT2D eigenvalue weighted by atomic mass is 10.1. The van der Waals surface area contributed by atoms with Crippen LogP contribution < -0.4 is 9.80 Å². The largest absolute Gasteiger partial charge is 0.489 e. The maximum atomic E-state index is 13.0. The fourth-order valence-electron chi connectivity index (χ4n) is 2.49. The number of halogens is 3. The third-order valence-electron chi connectivity index (χ3n) is 4.02. The van der Waals surface area contributed by atoms with Crippen LogP contribution in [0.3, 0.4) is 0 Å². The molecule has 1 N–H and O–H groups in total. The monoisotopic (exact) mass is 399 g/mol. The van der Waals surface area contributed by atoms with Gasteiger partial charge in [-0.05, 0) is 54.9 Å². The standard InChI is InChI=1S/C19H20F3NO3S/c1-4-13-5-8-17(12(2)9-13)26-11-14-6-7-15(19(20,21)22)10-16(14)23(24)18(27)25-3/h5-10,24H,4,11H2,1-3H3. The highest BCUT2D eigenvalue weighted by atomic mass is 32.1. The van der Waals surface area contributed by atoms with E-state index in [2.05, 4.69) is 0 Å². The highest BCUT2D eigenvalue weighted by molar-refractivity contribution is 7.80. The molecule has 0 unspecified atom stereocenters. The van der Waals surface area contributed by atoms with Gasteiger partial charge in [0.25, 0.3) is 5.17 Å². The molecule has 2 rings (SSSR count). The molecule has 0 heterocycles. The summed E-state index contributed by atoms with van der Waals surface area (Å²) in [4.78, 5) is 0. The van der Waals surface area contributed by atoms with Crippen LogP contribution >= 0.6 is 12.2 Å². The zero-order chi connectivity index (χ0) is 20.2. The molecule has 2 aromatic carbocycles. The third kappa shape index (κ3) is 5.11. The number of hydroxylamine groups is 1. The number of rotatable bonds is 5. The van der Waals surface area contributed by atoms with Crippen LogP contribution in [0.2, 0.25) is 0 Å². The molecule has 4 nitrogen and oxygen atoms in total. The number of methoxy groups -OCH3 is 1. The van der Waals surface area contributed by atoms with Crippen molar-refractivity contribution in [3.63, 3.8) is 0 Å². The molecular formula is C19H20F3NO3S. The Morgan fingerprint density at radius 1 is 1.19 bits per heavy atom. The van der Waals surface area contributed by atoms with Crippen LogP contribution in [0, 0.1) is 6.92 Å². The number of ether oxygens (including phenoxy) is 2. The Balaban J connectivity index is 2.33. The van der Waals surface area contributed by atoms with E-state index in [4.69, 9.17) is 21.7 Å². The quantitative estimate of drug-likeness (QED) is 0.547. The lowest BCUT2D eigenvalue weighted by Crippen LogP contribution is -2.28. The summed E-state index contributed by atoms with van der Waals surface area (Å²) in [5.74, 6) is 0.608. The van der Waals surface area contributed by atoms with Crippen molar-refractivity contribution >= 4 is 23.1 Å². The Morgan fingerprint density at radius 2 is 1.89 bits per heavy atom. The molecule has 0 saturated heterocycles. The molecule has 0 aliphatic rings. The Bertz CT molecular complexity index is 824. The molecule has 0 aliphatic heterocycles. The number of alkyl halides is 3. The number of aryl methyl sites for hydroxylation is 2. The number of nitrogens with zero attached hydrogens (tertiary/aromatic N) is 1. The van der Waals surface area contributed by atoms with Crippen molar-refractivity contribution < 1.29 is 27.9 Å². The number of anilines is 1. The zero-order valence-electron chi connectivity index (χ0n) is 15.1. The molecule has 2 aromatic rings. The molecule has 0 bridgehead atoms. The topological polar surface area (TPSA) is 41.9 Å². The summed E-state index contributed by atoms with van der Waals surface area (Å²) in [6.45, 7) is 3.88. The lowest BCUT2D eigenvalue weighted by Gasteiger charge is -2.21. The summed E-state index contributed by atoms with van der Waals surface area (Å²) in [5.41, 5.74) is 1.32. The van der Waals surface area contributed by atoms with Gasteiger partial charge in [0.05, 0.1) is 18.4 Å². The summed E-state index contributed by atoms with van der Waals surface area (Å²) in [7, 11) is 1.22. The van der Waals surface area contributed by atoms with Crippen LogP contribution in [0.5, 0.6) is 5.75 Å². The maximum Gasteiger partial charge on any atom is 0.416 e. The van der Waals surface area contributed by atoms with E-state index >= 15 is 0 Å². The second kappa shape index (κ2) is 8.58. The van der Waals surface area contributed by atoms with Crippen molar-refractivity contribution in [3.05, 3.63) is 58.7 Å². The van der Waals surface area contributed by atoms with Gasteiger partial charge in [-0.15, -0.1) is 0 Å². The van der Waals surface area contributed by atoms with Gasteiger partial charge >= 0.3 is 6.18 Å². The first kappa shape index (κ1) is 21.0. The second-order valence-electron chi connectivity index (χ2n) is 5.87. The van der Waals surface area contributed by atoms with E-state index in [0.717, 1.165) is 29.7 Å². The Kier molecular flexibility index (Phi) is 6.67. The van der Waals surface area contributed by atoms with Crippen molar-refractivity contribution in [1.29, 1.82) is 0 Å². The van der Waals surface area contributed by atoms with Crippen LogP contribution in [0.4, 0.5) is 18.9 Å². The van der Waals surface area contributed by atoms with Gasteiger partial charge in [-0.2, -0.15) is 18.2 Å². The number of hydrogen-bond donors (Lipinski definition) is 1. The van der Waals surface area contributed by atoms with Gasteiger partial charge in [0.15, 0.2) is 0 Å². The third-order valence-corrected chi connectivity index (χ3v) is 4.36. The molecule has 0 radical (unpaired) electrons. The molecule has 0 spiro atoms. The first-order valence-electron chi connectivity index (χ1n) is 8.16. The van der Waals surface area contributed by atoms with Gasteiger partial charge in [-0.25, -0.2) is 0 Å². The smallest absolute Gasteiger partial charge is 0.416 e. The van der Waals surface area contributed by atoms with E-state index in [1.165, 1.54) is 13.2 Å². The predicted octanol–water partition coefficient (Wildman–Crippen LogP) is 5.28. The van der Waals surface area contributed by atoms with Crippen LogP contribution in [0.15, 0.2) is 36.4 Å². The Labute approximate surface area is 161 Å². The zero-order valence-corrected chi connectivity index (χ0v) is 15.9. The summed E-state index contributed by atoms with van der Waals surface area (Å²) in [6, 6.07) is 8.70. The van der Waals surface area contributed by atoms with Crippen LogP contribution in [0.25, 0.3) is 0 Å². The van der Waals surface area contributed by atoms with Crippen LogP contribution in [0.1, 0.15) is 29.2 Å². The minimum absolute atomic E-state index is 0.0524. The van der Waals surface area contributed by atoms with Crippen molar-refractivity contribution in [2.75, 3.05) is 12.2 Å². The lowest BCUT2D eigenvalue weighted by molar-refractivity contribution is -0.137. The summed E-state index contributed by atoms with van der Waals surface area (Å²) >= 11 is 4.81. The Hall–Kier alpha value is -2.32. The predicted molar refractivity (Wildman–Crippen MR) is 100 cm³/mol. The number of hydrogen-bond acceptors (Lipinski definition) is 4. The summed E-state index contributed by atoms with van der Waals surface area (Å²) in [5, 5.41) is 10.1. The van der Waals surface area contributed by atoms with E-state index in [0.29, 0.717) is 16.4 Å². The van der Waals surface area contributed by atoms with E-state index in [1.54, 1.807) is 0 Å². The first-order valence-corrected chi connectivity index (χ1v) is 8.57. The highest BCUT2D eigenvalue weighted by Gasteiger charge is 2.32. The second-order valence-corrected chi connectivity index (χ2v) is 6.21. The first-order chi connectivity index (χ1) is 12.7. The van der Waals surface area contributed by atoms with Gasteiger partial charge in [-0.3, -0.25) is 5.21 Å². The molecule has 0 fully saturated rings. The molecule has 8 heteroatoms. The van der Waals surface area contributed by atoms with Gasteiger partial charge in [-0.1, -0.05) is 25.1 Å². The SMILES string of the molecule is CCc1ccc(OCc2ccc(C(F)(F)F)cc2N(O)C(=S)OC)c(C)c1. The van der Waals surface area contributed by atoms with E-state index < -0.39 is 11.7 Å². The average molecular weight is 399 g/mol. The molecule has 0 saturated carbocycles. The summed E-state index contributed by atoms with van der Waals surface area (Å²) < 4.78 is 49.6. The van der Waals surface area contributed by atoms with E-state index in [-0.39, 0.29) is 17.5 Å². The van der Waals surface area contributed by atoms with Gasteiger partial charge in [0, 0.05) is 5.56 Å². The van der Waals surface area contributed by atoms with Crippen LogP contribution in [-0.4, -0.2) is 17.5 Å². The van der Waals surface area contributed by atoms with Crippen LogP contribution in [-0.2, 0) is 23.9 Å². The molecular weight excluding hydrogens is 379 g/mol. The average Bonchev–Trinajstić information content (AvgIpc) is 2.64. The Morgan fingerprint density at radius 3 is 2.44 bits per heavy atom. The van der Waals surface area contributed by atoms with E-state index in [9.17, 15) is 18.4 Å². The molecule has 0 amide bonds. The molecule has 27 heavy (non-hydrogen) atoms. The van der Waals surface area contributed by atoms with Crippen molar-refractivity contribution in [2.24, 2.45) is 0 Å². The molecule has 0 aromatic heterocycles. The summed E-state index contributed by atoms with van der Waals surface area (Å²) in [6.07, 6.45) is -3.67. The van der Waals surface area contributed by atoms with Gasteiger partial charge in [0.2, 0.25) is 0 Å². The normalized spacial score (nSPS) is 11.2. The van der Waals surface area contributed by atoms with Crippen molar-refractivity contribution in [2.45, 2.75) is 33.1 Å². The molecule has 0 aliphatic carbocycles. The van der Waals surface area contributed by atoms with Gasteiger partial charge in [0.1, 0.15) is 12.4 Å². The maximum absolute atomic E-state index is 13.0. The fourth-order valence-corrected chi connectivity index (χ4v) is 2.59. The highest BCUT2D eigenvalue weighted by Crippen LogP contribution is 2.34. The minimum atomic E-state index is -4.56. The molecule has 146 valence electrons. The number of thiocarbonyl (C=S) groups is 1. The fraction of sp³-hybridized carbons (Fsp3) is 0.316. The van der Waals surface area contributed by atoms with E-state index in [1.807, 2.05) is 32.0 Å². The molecule has 0 atom stereocenters. The number of benzene rings is 2. The van der Waals surface area contributed by atoms with Crippen molar-refractivity contribution in [1.82, 2.24) is 0 Å². The minimum Gasteiger partial charge on any atom is -0.489 e. The van der Waals surface area contributed by atoms with Crippen molar-refractivity contribution in [3.8, 4) is 5.75 Å².